The molecule has 2 aliphatic carbocycles. The second-order valence-corrected chi connectivity index (χ2v) is 35.3. The fourth-order valence-electron chi connectivity index (χ4n) is 18.1. The Morgan fingerprint density at radius 3 is 1.25 bits per heavy atom. The van der Waals surface area contributed by atoms with E-state index in [1.807, 2.05) is 172 Å². The summed E-state index contributed by atoms with van der Waals surface area (Å²) in [5.74, 6) is -5.47. The summed E-state index contributed by atoms with van der Waals surface area (Å²) < 4.78 is 11.9. The zero-order valence-corrected chi connectivity index (χ0v) is 73.7. The number of unbranched alkanes of at least 4 members (excludes halogenated alkanes) is 1. The van der Waals surface area contributed by atoms with Gasteiger partial charge in [0.1, 0.15) is 58.8 Å². The van der Waals surface area contributed by atoms with Gasteiger partial charge in [-0.05, 0) is 147 Å². The summed E-state index contributed by atoms with van der Waals surface area (Å²) in [5.41, 5.74) is 10.7. The molecule has 14 rings (SSSR count). The lowest BCUT2D eigenvalue weighted by atomic mass is 9.79. The van der Waals surface area contributed by atoms with Crippen LogP contribution in [0.3, 0.4) is 0 Å². The molecule has 6 atom stereocenters. The van der Waals surface area contributed by atoms with Crippen molar-refractivity contribution < 1.29 is 67.0 Å². The predicted octanol–water partition coefficient (Wildman–Crippen LogP) is 14.2. The Kier molecular flexibility index (Phi) is 29.7. The number of likely N-dealkylation sites (N-methyl/N-ethyl adjacent to an activating group) is 2. The van der Waals surface area contributed by atoms with Crippen molar-refractivity contribution in [3.05, 3.63) is 180 Å². The molecule has 126 heavy (non-hydrogen) atoms. The van der Waals surface area contributed by atoms with E-state index in [1.165, 1.54) is 28.8 Å². The highest BCUT2D eigenvalue weighted by Gasteiger charge is 2.46. The van der Waals surface area contributed by atoms with E-state index in [0.29, 0.717) is 120 Å². The molecule has 0 bridgehead atoms. The molecule has 31 heteroatoms. The zero-order valence-electron chi connectivity index (χ0n) is 72.1. The van der Waals surface area contributed by atoms with Crippen molar-refractivity contribution >= 4 is 114 Å². The van der Waals surface area contributed by atoms with Crippen LogP contribution in [0.5, 0.6) is 0 Å². The van der Waals surface area contributed by atoms with E-state index >= 15 is 9.59 Å². The highest BCUT2D eigenvalue weighted by atomic mass is 32.1. The second-order valence-electron chi connectivity index (χ2n) is 33.3. The predicted molar refractivity (Wildman–Crippen MR) is 483 cm³/mol. The first-order chi connectivity index (χ1) is 61.0. The van der Waals surface area contributed by atoms with Gasteiger partial charge in [-0.2, -0.15) is 0 Å². The van der Waals surface area contributed by atoms with Gasteiger partial charge in [-0.25, -0.2) is 29.1 Å². The third kappa shape index (κ3) is 20.7. The summed E-state index contributed by atoms with van der Waals surface area (Å²) in [6.07, 6.45) is 4.14. The van der Waals surface area contributed by atoms with Gasteiger partial charge in [-0.15, -0.1) is 0 Å². The largest absolute Gasteiger partial charge is 0.448 e. The average molecular weight is 1750 g/mol. The van der Waals surface area contributed by atoms with Crippen molar-refractivity contribution in [2.45, 2.75) is 166 Å². The minimum atomic E-state index is -1.17. The van der Waals surface area contributed by atoms with E-state index in [1.54, 1.807) is 28.5 Å². The van der Waals surface area contributed by atoms with E-state index in [0.717, 1.165) is 67.2 Å². The Balaban J connectivity index is 0.585. The number of nitrogens with one attached hydrogen (secondary N) is 7. The van der Waals surface area contributed by atoms with Gasteiger partial charge in [-0.1, -0.05) is 194 Å². The van der Waals surface area contributed by atoms with E-state index < -0.39 is 83.8 Å². The molecule has 4 fully saturated rings. The number of urea groups is 2. The molecule has 29 nitrogen and oxygen atoms in total. The van der Waals surface area contributed by atoms with Crippen LogP contribution >= 0.6 is 22.7 Å². The Hall–Kier alpha value is -12.4. The van der Waals surface area contributed by atoms with Crippen LogP contribution in [0.25, 0.3) is 44.8 Å². The summed E-state index contributed by atoms with van der Waals surface area (Å²) in [6.45, 7) is 9.03. The Labute approximate surface area is 741 Å². The van der Waals surface area contributed by atoms with E-state index in [2.05, 4.69) is 37.2 Å². The lowest BCUT2D eigenvalue weighted by Gasteiger charge is -2.38. The summed E-state index contributed by atoms with van der Waals surface area (Å²) >= 11 is 2.23. The topological polar surface area (TPSA) is 353 Å². The summed E-state index contributed by atoms with van der Waals surface area (Å²) in [6, 6.07) is 44.7. The molecule has 0 unspecified atom stereocenters. The lowest BCUT2D eigenvalue weighted by Crippen LogP contribution is -2.59. The number of rotatable bonds is 32. The highest BCUT2D eigenvalue weighted by molar-refractivity contribution is 7.20. The van der Waals surface area contributed by atoms with Crippen LogP contribution in [0.2, 0.25) is 0 Å². The smallest absolute Gasteiger partial charge is 0.410 e. The van der Waals surface area contributed by atoms with Crippen molar-refractivity contribution in [2.75, 3.05) is 101 Å². The normalized spacial score (nSPS) is 17.1. The number of carbonyl (C=O) groups excluding carboxylic acids is 12. The van der Waals surface area contributed by atoms with Gasteiger partial charge in [0.25, 0.3) is 0 Å². The maximum absolute atomic E-state index is 15.4. The number of hydrogen-bond donors (Lipinski definition) is 7. The molecule has 6 heterocycles. The van der Waals surface area contributed by atoms with E-state index in [9.17, 15) is 47.9 Å². The molecule has 2 aromatic heterocycles. The molecule has 6 aliphatic rings. The number of aromatic nitrogens is 2. The van der Waals surface area contributed by atoms with Crippen LogP contribution < -0.4 is 37.2 Å². The fourth-order valence-corrected chi connectivity index (χ4v) is 19.9. The highest BCUT2D eigenvalue weighted by Crippen LogP contribution is 2.47. The van der Waals surface area contributed by atoms with Gasteiger partial charge in [-0.3, -0.25) is 43.3 Å². The van der Waals surface area contributed by atoms with E-state index in [4.69, 9.17) is 19.4 Å². The summed E-state index contributed by atoms with van der Waals surface area (Å²) in [4.78, 5) is 189. The number of ketones is 1. The Morgan fingerprint density at radius 1 is 0.460 bits per heavy atom. The molecular formula is C95H111N15O14S2. The lowest BCUT2D eigenvalue weighted by molar-refractivity contribution is -0.144. The van der Waals surface area contributed by atoms with Gasteiger partial charge >= 0.3 is 24.2 Å². The SMILES string of the molecule is CCCC(=O)Nc1nc(-c2ccccc2)c(NC(=O)[C@@H]2CCCN2C(=O)[C@@H](CC(=O)[C@H](C)N(C)C(=O)OCC2c3ccccc3-c3ccccc32)C2CCN(C(=O)NCCCCNC(=O)N3CCC([C@H](NC(=O)[C@H](C)N(C)C(=O)OCC4c5ccccc5-c5ccccc54)C(=O)N4CCC[C@H]4C(=O)Nc4sc(NC(=O)CCC)nc4-c4ccccc4)CC3)CC2)s1. The first-order valence-corrected chi connectivity index (χ1v) is 45.7. The Bertz CT molecular complexity index is 4890. The van der Waals surface area contributed by atoms with Gasteiger partial charge in [0.05, 0.1) is 6.04 Å². The quantitative estimate of drug-likeness (QED) is 0.0193. The summed E-state index contributed by atoms with van der Waals surface area (Å²) in [7, 11) is 2.98. The molecule has 6 aromatic carbocycles. The molecule has 0 radical (unpaired) electrons. The van der Waals surface area contributed by atoms with Crippen LogP contribution in [0, 0.1) is 17.8 Å². The van der Waals surface area contributed by atoms with Gasteiger partial charge < -0.3 is 71.2 Å². The molecule has 8 aromatic rings. The number of anilines is 4. The Morgan fingerprint density at radius 2 is 0.841 bits per heavy atom. The molecule has 0 saturated carbocycles. The first-order valence-electron chi connectivity index (χ1n) is 44.0. The van der Waals surface area contributed by atoms with Crippen LogP contribution in [0.4, 0.5) is 39.4 Å². The maximum Gasteiger partial charge on any atom is 0.410 e. The molecule has 4 saturated heterocycles. The maximum atomic E-state index is 15.4. The van der Waals surface area contributed by atoms with Crippen LogP contribution in [0.1, 0.15) is 158 Å². The molecule has 662 valence electrons. The monoisotopic (exact) mass is 1750 g/mol. The van der Waals surface area contributed by atoms with Gasteiger partial charge in [0, 0.05) is 115 Å². The number of carbonyl (C=O) groups is 12. The number of benzene rings is 6. The molecular weight excluding hydrogens is 1640 g/mol. The van der Waals surface area contributed by atoms with Crippen LogP contribution in [-0.2, 0) is 47.8 Å². The molecule has 13 amide bonds. The van der Waals surface area contributed by atoms with Crippen LogP contribution in [0.15, 0.2) is 158 Å². The fraction of sp³-hybridized carbons (Fsp3) is 0.432. The number of ether oxygens (including phenoxy) is 2. The molecule has 4 aliphatic heterocycles. The van der Waals surface area contributed by atoms with Gasteiger partial charge in [0.15, 0.2) is 16.0 Å². The summed E-state index contributed by atoms with van der Waals surface area (Å²) in [5, 5.41) is 22.2. The number of hydrogen-bond acceptors (Lipinski definition) is 18. The third-order valence-electron chi connectivity index (χ3n) is 25.4. The van der Waals surface area contributed by atoms with Crippen molar-refractivity contribution in [2.24, 2.45) is 17.8 Å². The second kappa shape index (κ2) is 41.6. The average Bonchev–Trinajstić information content (AvgIpc) is 1.62. The molecule has 0 spiro atoms. The number of piperidine rings is 2. The number of nitrogens with zero attached hydrogens (tertiary/aromatic N) is 8. The standard InChI is InChI=1S/C95H111N15O14S2/c1-7-27-78(112)98-90-101-80(61-29-11-9-12-30-61)86(125-90)103-84(115)75-41-25-49-109(75)88(117)72(55-77(111)58(3)105(5)94(121)123-56-73-68-37-19-15-33-64(68)65-34-16-20-38-69(65)73)60-43-51-107(52-44-60)92(119)96-47-23-24-48-97-93(120)108-53-45-63(46-54-108)82(100-83(114)59(4)106(6)95(122)124-57-74-70-39-21-17-35-66(70)67-36-18-22-40-71(67)74)89(118)110-50-26-42-76(110)85(116)104-87-81(62-31-13-10-14-32-62)102-91(126-87)99-79(113)28-8-2/h9-22,29-40,58-60,63,72-76,82H,7-8,23-28,41-57H2,1-6H3,(H,96,119)(H,97,120)(H,100,114)(H,103,115)(H,104,116)(H,98,101,112)(H,99,102,113)/t58-,59-,72-,75-,76-,82-/m0/s1. The van der Waals surface area contributed by atoms with Gasteiger partial charge in [0.2, 0.25) is 41.4 Å². The molecule has 7 N–H and O–H groups in total. The van der Waals surface area contributed by atoms with Crippen molar-refractivity contribution in [1.82, 2.24) is 55.3 Å². The van der Waals surface area contributed by atoms with Crippen molar-refractivity contribution in [3.8, 4) is 44.8 Å². The number of thiazole rings is 2. The van der Waals surface area contributed by atoms with Crippen molar-refractivity contribution in [3.63, 3.8) is 0 Å². The van der Waals surface area contributed by atoms with E-state index in [-0.39, 0.29) is 132 Å². The number of fused-ring (bicyclic) bond motifs is 6. The van der Waals surface area contributed by atoms with Crippen LogP contribution in [-0.4, -0.2) is 221 Å². The first kappa shape index (κ1) is 89.9. The number of likely N-dealkylation sites (tertiary alicyclic amines) is 4. The minimum absolute atomic E-state index is 0.0215. The third-order valence-corrected chi connectivity index (χ3v) is 27.1. The minimum Gasteiger partial charge on any atom is -0.448 e. The number of amides is 13. The zero-order chi connectivity index (χ0) is 88.7. The van der Waals surface area contributed by atoms with Crippen molar-refractivity contribution in [1.29, 1.82) is 0 Å². The number of Topliss-reactive ketones (excluding diaryl/α,β-unsaturated/α-hetero) is 1.